The van der Waals surface area contributed by atoms with Gasteiger partial charge in [-0.1, -0.05) is 12.1 Å². The lowest BCUT2D eigenvalue weighted by molar-refractivity contribution is 0.00811. The van der Waals surface area contributed by atoms with E-state index >= 15 is 0 Å². The lowest BCUT2D eigenvalue weighted by Gasteiger charge is -2.34. The number of nitrogens with zero attached hydrogens (tertiary/aromatic N) is 2. The molecule has 1 aromatic heterocycles. The van der Waals surface area contributed by atoms with Gasteiger partial charge in [0.25, 0.3) is 5.91 Å². The Morgan fingerprint density at radius 3 is 2.61 bits per heavy atom. The summed E-state index contributed by atoms with van der Waals surface area (Å²) >= 11 is 0. The number of carbonyl (C=O) groups is 1. The number of benzene rings is 2. The monoisotopic (exact) mass is 425 g/mol. The molecule has 0 radical (unpaired) electrons. The SMILES string of the molecule is Cc1cc2c(cc1-c1cnc(NC(=O)c3c(F)cccc3F)cn1)OC(C)(CO)CC2. The lowest BCUT2D eigenvalue weighted by Crippen LogP contribution is -2.39. The minimum Gasteiger partial charge on any atom is -0.485 e. The minimum absolute atomic E-state index is 0.0659. The first kappa shape index (κ1) is 20.9. The molecule has 1 aliphatic rings. The molecule has 6 nitrogen and oxygen atoms in total. The van der Waals surface area contributed by atoms with Crippen LogP contribution in [-0.4, -0.2) is 33.2 Å². The van der Waals surface area contributed by atoms with Crippen molar-refractivity contribution in [3.63, 3.8) is 0 Å². The van der Waals surface area contributed by atoms with E-state index in [0.717, 1.165) is 41.7 Å². The highest BCUT2D eigenvalue weighted by Crippen LogP contribution is 2.37. The molecule has 3 aromatic rings. The van der Waals surface area contributed by atoms with Crippen LogP contribution >= 0.6 is 0 Å². The third-order valence-electron chi connectivity index (χ3n) is 5.38. The quantitative estimate of drug-likeness (QED) is 0.659. The smallest absolute Gasteiger partial charge is 0.262 e. The Morgan fingerprint density at radius 1 is 1.23 bits per heavy atom. The standard InChI is InChI=1S/C23H21F2N3O3/c1-13-8-14-6-7-23(2,12-29)31-19(14)9-15(13)18-10-27-20(11-26-18)28-22(30)21-16(24)4-3-5-17(21)25/h3-5,8-11,29H,6-7,12H2,1-2H3,(H,27,28,30). The topological polar surface area (TPSA) is 84.3 Å². The van der Waals surface area contributed by atoms with Crippen molar-refractivity contribution in [3.8, 4) is 17.0 Å². The summed E-state index contributed by atoms with van der Waals surface area (Å²) in [4.78, 5) is 20.7. The molecule has 2 aromatic carbocycles. The fourth-order valence-electron chi connectivity index (χ4n) is 3.57. The number of rotatable bonds is 4. The van der Waals surface area contributed by atoms with Crippen molar-refractivity contribution in [3.05, 3.63) is 71.1 Å². The summed E-state index contributed by atoms with van der Waals surface area (Å²) < 4.78 is 33.6. The molecule has 1 atom stereocenters. The molecule has 0 aliphatic carbocycles. The normalized spacial score (nSPS) is 17.6. The zero-order valence-corrected chi connectivity index (χ0v) is 17.1. The number of aromatic nitrogens is 2. The number of halogens is 2. The van der Waals surface area contributed by atoms with E-state index in [1.165, 1.54) is 18.5 Å². The summed E-state index contributed by atoms with van der Waals surface area (Å²) in [6.45, 7) is 3.74. The maximum absolute atomic E-state index is 13.8. The molecule has 1 amide bonds. The summed E-state index contributed by atoms with van der Waals surface area (Å²) in [7, 11) is 0. The Labute approximate surface area is 177 Å². The summed E-state index contributed by atoms with van der Waals surface area (Å²) in [5.74, 6) is -2.10. The van der Waals surface area contributed by atoms with Crippen LogP contribution in [0.5, 0.6) is 5.75 Å². The molecule has 0 fully saturated rings. The third-order valence-corrected chi connectivity index (χ3v) is 5.38. The average Bonchev–Trinajstić information content (AvgIpc) is 2.74. The Kier molecular flexibility index (Phi) is 5.41. The molecule has 0 bridgehead atoms. The fourth-order valence-corrected chi connectivity index (χ4v) is 3.57. The van der Waals surface area contributed by atoms with Crippen molar-refractivity contribution >= 4 is 11.7 Å². The molecular formula is C23H21F2N3O3. The van der Waals surface area contributed by atoms with E-state index in [1.54, 1.807) is 0 Å². The van der Waals surface area contributed by atoms with Gasteiger partial charge in [0.1, 0.15) is 28.5 Å². The summed E-state index contributed by atoms with van der Waals surface area (Å²) in [6, 6.07) is 7.10. The highest BCUT2D eigenvalue weighted by atomic mass is 19.1. The molecule has 160 valence electrons. The number of nitrogens with one attached hydrogen (secondary N) is 1. The van der Waals surface area contributed by atoms with Crippen LogP contribution in [0.1, 0.15) is 34.8 Å². The fraction of sp³-hybridized carbons (Fsp3) is 0.261. The van der Waals surface area contributed by atoms with Crippen molar-refractivity contribution in [2.24, 2.45) is 0 Å². The predicted octanol–water partition coefficient (Wildman–Crippen LogP) is 4.06. The van der Waals surface area contributed by atoms with Gasteiger partial charge in [-0.05, 0) is 56.0 Å². The largest absolute Gasteiger partial charge is 0.485 e. The number of hydrogen-bond donors (Lipinski definition) is 2. The molecule has 2 heterocycles. The summed E-state index contributed by atoms with van der Waals surface area (Å²) in [5, 5.41) is 12.0. The van der Waals surface area contributed by atoms with Gasteiger partial charge in [-0.25, -0.2) is 13.8 Å². The third kappa shape index (κ3) is 4.11. The van der Waals surface area contributed by atoms with Crippen molar-refractivity contribution < 1.29 is 23.4 Å². The van der Waals surface area contributed by atoms with Gasteiger partial charge in [-0.3, -0.25) is 9.78 Å². The van der Waals surface area contributed by atoms with E-state index in [-0.39, 0.29) is 12.4 Å². The number of aryl methyl sites for hydroxylation is 2. The molecule has 8 heteroatoms. The van der Waals surface area contributed by atoms with Crippen LogP contribution in [-0.2, 0) is 6.42 Å². The summed E-state index contributed by atoms with van der Waals surface area (Å²) in [5.41, 5.74) is 2.09. The Hall–Kier alpha value is -3.39. The van der Waals surface area contributed by atoms with E-state index < -0.39 is 28.7 Å². The first-order valence-corrected chi connectivity index (χ1v) is 9.81. The van der Waals surface area contributed by atoms with Crippen LogP contribution in [0.4, 0.5) is 14.6 Å². The average molecular weight is 425 g/mol. The van der Waals surface area contributed by atoms with Gasteiger partial charge in [-0.2, -0.15) is 0 Å². The Morgan fingerprint density at radius 2 is 1.97 bits per heavy atom. The van der Waals surface area contributed by atoms with Crippen LogP contribution in [0.25, 0.3) is 11.3 Å². The van der Waals surface area contributed by atoms with Gasteiger partial charge in [0, 0.05) is 5.56 Å². The second-order valence-electron chi connectivity index (χ2n) is 7.82. The van der Waals surface area contributed by atoms with Crippen LogP contribution in [0.3, 0.4) is 0 Å². The molecule has 0 saturated carbocycles. The minimum atomic E-state index is -0.957. The number of hydrogen-bond acceptors (Lipinski definition) is 5. The number of carbonyl (C=O) groups excluding carboxylic acids is 1. The van der Waals surface area contributed by atoms with Crippen LogP contribution < -0.4 is 10.1 Å². The zero-order valence-electron chi connectivity index (χ0n) is 17.1. The van der Waals surface area contributed by atoms with Crippen molar-refractivity contribution in [1.29, 1.82) is 0 Å². The number of ether oxygens (including phenoxy) is 1. The van der Waals surface area contributed by atoms with E-state index in [2.05, 4.69) is 15.3 Å². The van der Waals surface area contributed by atoms with E-state index in [1.807, 2.05) is 26.0 Å². The maximum Gasteiger partial charge on any atom is 0.262 e. The summed E-state index contributed by atoms with van der Waals surface area (Å²) in [6.07, 6.45) is 4.32. The maximum atomic E-state index is 13.8. The van der Waals surface area contributed by atoms with Crippen LogP contribution in [0, 0.1) is 18.6 Å². The molecule has 4 rings (SSSR count). The van der Waals surface area contributed by atoms with Crippen molar-refractivity contribution in [2.75, 3.05) is 11.9 Å². The van der Waals surface area contributed by atoms with Crippen molar-refractivity contribution in [2.45, 2.75) is 32.3 Å². The molecular weight excluding hydrogens is 404 g/mol. The molecule has 31 heavy (non-hydrogen) atoms. The van der Waals surface area contributed by atoms with Gasteiger partial charge in [0.05, 0.1) is 24.7 Å². The van der Waals surface area contributed by atoms with Crippen LogP contribution in [0.15, 0.2) is 42.7 Å². The number of aliphatic hydroxyl groups excluding tert-OH is 1. The number of amides is 1. The number of anilines is 1. The van der Waals surface area contributed by atoms with Gasteiger partial charge in [-0.15, -0.1) is 0 Å². The van der Waals surface area contributed by atoms with Gasteiger partial charge in [0.15, 0.2) is 5.82 Å². The predicted molar refractivity (Wildman–Crippen MR) is 111 cm³/mol. The van der Waals surface area contributed by atoms with E-state index in [0.29, 0.717) is 11.4 Å². The number of aliphatic hydroxyl groups is 1. The van der Waals surface area contributed by atoms with Gasteiger partial charge in [0.2, 0.25) is 0 Å². The first-order valence-electron chi connectivity index (χ1n) is 9.81. The molecule has 1 unspecified atom stereocenters. The highest BCUT2D eigenvalue weighted by molar-refractivity contribution is 6.04. The molecule has 0 saturated heterocycles. The molecule has 0 spiro atoms. The van der Waals surface area contributed by atoms with E-state index in [9.17, 15) is 18.7 Å². The molecule has 2 N–H and O–H groups in total. The zero-order chi connectivity index (χ0) is 22.2. The van der Waals surface area contributed by atoms with Gasteiger partial charge < -0.3 is 15.2 Å². The second-order valence-corrected chi connectivity index (χ2v) is 7.82. The Bertz CT molecular complexity index is 1130. The lowest BCUT2D eigenvalue weighted by atomic mass is 9.91. The highest BCUT2D eigenvalue weighted by Gasteiger charge is 2.31. The van der Waals surface area contributed by atoms with Crippen LogP contribution in [0.2, 0.25) is 0 Å². The molecule has 1 aliphatic heterocycles. The Balaban J connectivity index is 1.58. The van der Waals surface area contributed by atoms with E-state index in [4.69, 9.17) is 4.74 Å². The van der Waals surface area contributed by atoms with Crippen molar-refractivity contribution in [1.82, 2.24) is 9.97 Å². The number of fused-ring (bicyclic) bond motifs is 1. The first-order chi connectivity index (χ1) is 14.8. The second kappa shape index (κ2) is 8.03. The van der Waals surface area contributed by atoms with Gasteiger partial charge >= 0.3 is 0 Å².